The Labute approximate surface area is 224 Å². The number of nitrogens with zero attached hydrogens (tertiary/aromatic N) is 3. The highest BCUT2D eigenvalue weighted by atomic mass is 35.5. The molecule has 0 atom stereocenters. The van der Waals surface area contributed by atoms with Gasteiger partial charge in [0, 0.05) is 22.2 Å². The lowest BCUT2D eigenvalue weighted by atomic mass is 9.93. The van der Waals surface area contributed by atoms with Crippen molar-refractivity contribution in [2.75, 3.05) is 20.8 Å². The molecular formula is C28H26ClFN4O4. The number of hydrogen-bond donors (Lipinski definition) is 2. The Kier molecular flexibility index (Phi) is 8.64. The maximum atomic E-state index is 15.0. The lowest BCUT2D eigenvalue weighted by molar-refractivity contribution is 0.0693. The first kappa shape index (κ1) is 28.1. The third-order valence-electron chi connectivity index (χ3n) is 5.57. The zero-order valence-electron chi connectivity index (χ0n) is 20.0. The molecule has 0 spiro atoms. The highest BCUT2D eigenvalue weighted by Crippen LogP contribution is 2.31. The number of aliphatic imine (C=N–C) groups is 3. The van der Waals surface area contributed by atoms with Crippen molar-refractivity contribution in [3.63, 3.8) is 0 Å². The maximum Gasteiger partial charge on any atom is 0.339 e. The van der Waals surface area contributed by atoms with E-state index in [9.17, 15) is 9.90 Å². The number of halogens is 2. The zero-order chi connectivity index (χ0) is 26.7. The topological polar surface area (TPSA) is 119 Å². The van der Waals surface area contributed by atoms with Crippen molar-refractivity contribution < 1.29 is 23.8 Å². The van der Waals surface area contributed by atoms with E-state index in [1.54, 1.807) is 30.3 Å². The smallest absolute Gasteiger partial charge is 0.339 e. The summed E-state index contributed by atoms with van der Waals surface area (Å²) in [5, 5.41) is 9.70. The Hall–Kier alpha value is -4.50. The Morgan fingerprint density at radius 1 is 1.11 bits per heavy atom. The minimum atomic E-state index is -1.13. The van der Waals surface area contributed by atoms with Gasteiger partial charge in [-0.05, 0) is 42.0 Å². The van der Waals surface area contributed by atoms with Crippen LogP contribution in [0.15, 0.2) is 81.7 Å². The summed E-state index contributed by atoms with van der Waals surface area (Å²) in [6.45, 7) is 4.20. The molecule has 0 saturated heterocycles. The number of nitrogens with two attached hydrogens (primary N) is 1. The SMILES string of the molecule is C.C=C1CN=C(c2c(F)cccc2OC)c2cc(Cl)ccc2C1=NC(N)=Nc1ccc(C(=O)O)c(OC)c1. The number of aromatic carboxylic acids is 1. The average Bonchev–Trinajstić information content (AvgIpc) is 2.99. The molecule has 0 aromatic heterocycles. The molecule has 0 amide bonds. The molecule has 0 unspecified atom stereocenters. The van der Waals surface area contributed by atoms with Crippen LogP contribution < -0.4 is 15.2 Å². The fourth-order valence-electron chi connectivity index (χ4n) is 3.90. The van der Waals surface area contributed by atoms with Gasteiger partial charge in [0.05, 0.1) is 43.4 Å². The zero-order valence-corrected chi connectivity index (χ0v) is 20.7. The van der Waals surface area contributed by atoms with Gasteiger partial charge < -0.3 is 20.3 Å². The quantitative estimate of drug-likeness (QED) is 0.321. The van der Waals surface area contributed by atoms with Crippen molar-refractivity contribution in [3.05, 3.63) is 99.8 Å². The van der Waals surface area contributed by atoms with E-state index in [2.05, 4.69) is 21.6 Å². The normalized spacial score (nSPS) is 14.2. The molecule has 10 heteroatoms. The van der Waals surface area contributed by atoms with Gasteiger partial charge in [-0.1, -0.05) is 37.7 Å². The van der Waals surface area contributed by atoms with E-state index >= 15 is 4.39 Å². The third kappa shape index (κ3) is 5.57. The Bertz CT molecular complexity index is 1510. The van der Waals surface area contributed by atoms with E-state index in [-0.39, 0.29) is 36.8 Å². The maximum absolute atomic E-state index is 15.0. The molecule has 1 aliphatic heterocycles. The molecule has 0 fully saturated rings. The number of ether oxygens (including phenoxy) is 2. The van der Waals surface area contributed by atoms with Gasteiger partial charge in [-0.25, -0.2) is 19.2 Å². The van der Waals surface area contributed by atoms with Crippen molar-refractivity contribution in [2.45, 2.75) is 7.43 Å². The standard InChI is InChI=1S/C27H22ClFN4O4.CH4/c1-14-13-31-25(23-20(29)5-4-6-21(23)36-2)19-11-15(28)7-9-17(19)24(14)33-27(30)32-16-8-10-18(26(34)35)22(12-16)37-3;/h4-12H,1,13H2,2-3H3,(H2,30,32)(H,34,35);1H4. The lowest BCUT2D eigenvalue weighted by Crippen LogP contribution is -2.16. The van der Waals surface area contributed by atoms with Crippen LogP contribution in [0.3, 0.4) is 0 Å². The molecule has 196 valence electrons. The van der Waals surface area contributed by atoms with E-state index in [0.29, 0.717) is 44.6 Å². The summed E-state index contributed by atoms with van der Waals surface area (Å²) < 4.78 is 25.5. The van der Waals surface area contributed by atoms with Crippen molar-refractivity contribution in [3.8, 4) is 11.5 Å². The second-order valence-corrected chi connectivity index (χ2v) is 8.33. The van der Waals surface area contributed by atoms with Gasteiger partial charge in [0.15, 0.2) is 0 Å². The van der Waals surface area contributed by atoms with Crippen LogP contribution in [0.5, 0.6) is 11.5 Å². The second kappa shape index (κ2) is 11.7. The molecule has 3 aromatic rings. The molecule has 8 nitrogen and oxygen atoms in total. The largest absolute Gasteiger partial charge is 0.496 e. The number of fused-ring (bicyclic) bond motifs is 1. The fourth-order valence-corrected chi connectivity index (χ4v) is 4.07. The molecule has 1 heterocycles. The van der Waals surface area contributed by atoms with Crippen LogP contribution >= 0.6 is 11.6 Å². The van der Waals surface area contributed by atoms with Crippen molar-refractivity contribution in [2.24, 2.45) is 20.7 Å². The Balaban J connectivity index is 0.00000400. The second-order valence-electron chi connectivity index (χ2n) is 7.90. The lowest BCUT2D eigenvalue weighted by Gasteiger charge is -2.15. The van der Waals surface area contributed by atoms with Gasteiger partial charge >= 0.3 is 5.97 Å². The molecule has 0 radical (unpaired) electrons. The first-order chi connectivity index (χ1) is 17.7. The molecule has 3 aromatic carbocycles. The van der Waals surface area contributed by atoms with Gasteiger partial charge in [0.1, 0.15) is 22.9 Å². The molecule has 4 rings (SSSR count). The van der Waals surface area contributed by atoms with Crippen LogP contribution in [0.2, 0.25) is 5.02 Å². The van der Waals surface area contributed by atoms with Gasteiger partial charge in [-0.2, -0.15) is 0 Å². The summed E-state index contributed by atoms with van der Waals surface area (Å²) in [5.74, 6) is -1.31. The van der Waals surface area contributed by atoms with Crippen LogP contribution in [-0.2, 0) is 0 Å². The summed E-state index contributed by atoms with van der Waals surface area (Å²) in [6, 6.07) is 13.9. The molecular weight excluding hydrogens is 511 g/mol. The van der Waals surface area contributed by atoms with Gasteiger partial charge in [0.25, 0.3) is 0 Å². The highest BCUT2D eigenvalue weighted by Gasteiger charge is 2.26. The van der Waals surface area contributed by atoms with E-state index in [4.69, 9.17) is 26.8 Å². The number of guanidine groups is 1. The minimum Gasteiger partial charge on any atom is -0.496 e. The highest BCUT2D eigenvalue weighted by molar-refractivity contribution is 6.33. The van der Waals surface area contributed by atoms with E-state index < -0.39 is 11.8 Å². The number of carboxylic acids is 1. The predicted molar refractivity (Wildman–Crippen MR) is 149 cm³/mol. The van der Waals surface area contributed by atoms with E-state index in [1.807, 2.05) is 0 Å². The van der Waals surface area contributed by atoms with Gasteiger partial charge in [0.2, 0.25) is 5.96 Å². The first-order valence-electron chi connectivity index (χ1n) is 10.9. The van der Waals surface area contributed by atoms with Crippen LogP contribution in [0.1, 0.15) is 34.5 Å². The summed E-state index contributed by atoms with van der Waals surface area (Å²) in [5.41, 5.74) is 9.03. The summed E-state index contributed by atoms with van der Waals surface area (Å²) in [6.07, 6.45) is 0. The molecule has 0 saturated carbocycles. The number of methoxy groups -OCH3 is 2. The summed E-state index contributed by atoms with van der Waals surface area (Å²) >= 11 is 6.31. The fraction of sp³-hybridized carbons (Fsp3) is 0.143. The van der Waals surface area contributed by atoms with Crippen LogP contribution in [-0.4, -0.2) is 49.2 Å². The van der Waals surface area contributed by atoms with Crippen LogP contribution in [0.4, 0.5) is 10.1 Å². The van der Waals surface area contributed by atoms with Crippen LogP contribution in [0, 0.1) is 5.82 Å². The summed E-state index contributed by atoms with van der Waals surface area (Å²) in [4.78, 5) is 24.8. The first-order valence-corrected chi connectivity index (χ1v) is 11.3. The molecule has 0 aliphatic carbocycles. The minimum absolute atomic E-state index is 0. The number of carbonyl (C=O) groups is 1. The molecule has 38 heavy (non-hydrogen) atoms. The Morgan fingerprint density at radius 3 is 2.53 bits per heavy atom. The number of benzene rings is 3. The van der Waals surface area contributed by atoms with Gasteiger partial charge in [-0.15, -0.1) is 0 Å². The van der Waals surface area contributed by atoms with Crippen LogP contribution in [0.25, 0.3) is 0 Å². The monoisotopic (exact) mass is 536 g/mol. The van der Waals surface area contributed by atoms with Crippen molar-refractivity contribution in [1.82, 2.24) is 0 Å². The predicted octanol–water partition coefficient (Wildman–Crippen LogP) is 5.67. The third-order valence-corrected chi connectivity index (χ3v) is 5.81. The molecule has 3 N–H and O–H groups in total. The number of carboxylic acid groups (broad SMARTS) is 1. The van der Waals surface area contributed by atoms with Crippen molar-refractivity contribution >= 4 is 40.6 Å². The van der Waals surface area contributed by atoms with Gasteiger partial charge in [-0.3, -0.25) is 4.99 Å². The number of rotatable bonds is 5. The molecule has 1 aliphatic rings. The molecule has 0 bridgehead atoms. The van der Waals surface area contributed by atoms with E-state index in [1.165, 1.54) is 38.5 Å². The number of hydrogen-bond acceptors (Lipinski definition) is 5. The summed E-state index contributed by atoms with van der Waals surface area (Å²) in [7, 11) is 2.81. The Morgan fingerprint density at radius 2 is 1.84 bits per heavy atom. The van der Waals surface area contributed by atoms with Crippen molar-refractivity contribution in [1.29, 1.82) is 0 Å². The van der Waals surface area contributed by atoms with E-state index in [0.717, 1.165) is 0 Å². The average molecular weight is 537 g/mol.